The number of fused-ring (bicyclic) bond motifs is 4. The molecule has 4 saturated carbocycles. The van der Waals surface area contributed by atoms with E-state index in [1.807, 2.05) is 26.0 Å². The van der Waals surface area contributed by atoms with E-state index in [9.17, 15) is 10.2 Å². The highest BCUT2D eigenvalue weighted by Gasteiger charge is 2.47. The van der Waals surface area contributed by atoms with Crippen LogP contribution in [0.5, 0.6) is 11.5 Å². The Bertz CT molecular complexity index is 1040. The molecule has 8 atom stereocenters. The van der Waals surface area contributed by atoms with Gasteiger partial charge in [-0.15, -0.1) is 0 Å². The molecule has 0 spiro atoms. The SMILES string of the molecule is Cc1cc(C2CC3CC(CCCCC4C[C@H]5CC4CC5c4ccc(O)c(C)c4)C2C3)ccc1O. The Morgan fingerprint density at radius 1 is 0.647 bits per heavy atom. The number of benzene rings is 2. The molecule has 2 heteroatoms. The molecule has 4 bridgehead atoms. The van der Waals surface area contributed by atoms with Crippen molar-refractivity contribution in [2.45, 2.75) is 89.9 Å². The Hall–Kier alpha value is -1.96. The maximum atomic E-state index is 9.93. The first-order chi connectivity index (χ1) is 16.5. The van der Waals surface area contributed by atoms with Crippen molar-refractivity contribution in [1.82, 2.24) is 0 Å². The summed E-state index contributed by atoms with van der Waals surface area (Å²) in [4.78, 5) is 0. The van der Waals surface area contributed by atoms with E-state index in [2.05, 4.69) is 24.3 Å². The maximum absolute atomic E-state index is 9.93. The van der Waals surface area contributed by atoms with E-state index in [1.165, 1.54) is 75.3 Å². The van der Waals surface area contributed by atoms with Crippen molar-refractivity contribution >= 4 is 0 Å². The van der Waals surface area contributed by atoms with Crippen LogP contribution in [0.4, 0.5) is 0 Å². The van der Waals surface area contributed by atoms with Crippen molar-refractivity contribution in [3.63, 3.8) is 0 Å². The number of rotatable bonds is 7. The van der Waals surface area contributed by atoms with Crippen LogP contribution in [0.2, 0.25) is 0 Å². The van der Waals surface area contributed by atoms with Crippen LogP contribution in [0.1, 0.15) is 98.3 Å². The zero-order valence-corrected chi connectivity index (χ0v) is 21.0. The Labute approximate surface area is 205 Å². The third-order valence-electron chi connectivity index (χ3n) is 10.7. The van der Waals surface area contributed by atoms with Gasteiger partial charge in [0.1, 0.15) is 11.5 Å². The largest absolute Gasteiger partial charge is 0.508 e. The molecule has 0 radical (unpaired) electrons. The summed E-state index contributed by atoms with van der Waals surface area (Å²) in [5.41, 5.74) is 5.01. The van der Waals surface area contributed by atoms with Crippen molar-refractivity contribution in [1.29, 1.82) is 0 Å². The molecule has 2 N–H and O–H groups in total. The van der Waals surface area contributed by atoms with Gasteiger partial charge in [-0.05, 0) is 134 Å². The second-order valence-corrected chi connectivity index (χ2v) is 12.6. The molecule has 0 saturated heterocycles. The third-order valence-corrected chi connectivity index (χ3v) is 10.7. The monoisotopic (exact) mass is 458 g/mol. The Morgan fingerprint density at radius 3 is 1.88 bits per heavy atom. The van der Waals surface area contributed by atoms with E-state index in [0.29, 0.717) is 11.5 Å². The predicted octanol–water partition coefficient (Wildman–Crippen LogP) is 8.23. The molecule has 0 aromatic heterocycles. The van der Waals surface area contributed by atoms with Crippen LogP contribution in [0.3, 0.4) is 0 Å². The number of hydrogen-bond acceptors (Lipinski definition) is 2. The molecule has 4 aliphatic rings. The number of hydrogen-bond donors (Lipinski definition) is 2. The third kappa shape index (κ3) is 4.06. The van der Waals surface area contributed by atoms with E-state index < -0.39 is 0 Å². The molecular weight excluding hydrogens is 416 g/mol. The Kier molecular flexibility index (Phi) is 5.90. The molecule has 2 aromatic carbocycles. The molecule has 7 unspecified atom stereocenters. The van der Waals surface area contributed by atoms with Crippen molar-refractivity contribution < 1.29 is 10.2 Å². The summed E-state index contributed by atoms with van der Waals surface area (Å²) >= 11 is 0. The summed E-state index contributed by atoms with van der Waals surface area (Å²) in [7, 11) is 0. The molecule has 0 amide bonds. The summed E-state index contributed by atoms with van der Waals surface area (Å²) in [6, 6.07) is 12.7. The smallest absolute Gasteiger partial charge is 0.118 e. The summed E-state index contributed by atoms with van der Waals surface area (Å²) in [6.45, 7) is 4.06. The predicted molar refractivity (Wildman–Crippen MR) is 138 cm³/mol. The molecule has 2 nitrogen and oxygen atoms in total. The lowest BCUT2D eigenvalue weighted by Crippen LogP contribution is -2.19. The number of unbranched alkanes of at least 4 members (excludes halogenated alkanes) is 1. The van der Waals surface area contributed by atoms with Crippen LogP contribution in [-0.4, -0.2) is 10.2 Å². The van der Waals surface area contributed by atoms with Gasteiger partial charge in [-0.25, -0.2) is 0 Å². The fourth-order valence-corrected chi connectivity index (χ4v) is 9.00. The van der Waals surface area contributed by atoms with Gasteiger partial charge in [0.2, 0.25) is 0 Å². The summed E-state index contributed by atoms with van der Waals surface area (Å²) in [6.07, 6.45) is 14.3. The van der Waals surface area contributed by atoms with Crippen LogP contribution in [-0.2, 0) is 0 Å². The number of aromatic hydroxyl groups is 2. The van der Waals surface area contributed by atoms with E-state index in [4.69, 9.17) is 0 Å². The molecule has 6 rings (SSSR count). The number of phenolic OH excluding ortho intramolecular Hbond substituents is 2. The number of phenols is 2. The topological polar surface area (TPSA) is 40.5 Å². The molecular formula is C32H42O2. The van der Waals surface area contributed by atoms with E-state index in [-0.39, 0.29) is 0 Å². The zero-order valence-electron chi connectivity index (χ0n) is 21.0. The van der Waals surface area contributed by atoms with Gasteiger partial charge in [0.25, 0.3) is 0 Å². The average Bonchev–Trinajstić information content (AvgIpc) is 3.60. The average molecular weight is 459 g/mol. The molecule has 34 heavy (non-hydrogen) atoms. The van der Waals surface area contributed by atoms with Crippen LogP contribution in [0.15, 0.2) is 36.4 Å². The van der Waals surface area contributed by atoms with Gasteiger partial charge in [0, 0.05) is 0 Å². The van der Waals surface area contributed by atoms with Crippen molar-refractivity contribution in [3.8, 4) is 11.5 Å². The normalized spacial score (nSPS) is 35.9. The van der Waals surface area contributed by atoms with Gasteiger partial charge in [0.15, 0.2) is 0 Å². The molecule has 0 aliphatic heterocycles. The minimum absolute atomic E-state index is 0.435. The van der Waals surface area contributed by atoms with E-state index in [1.54, 1.807) is 0 Å². The van der Waals surface area contributed by atoms with Gasteiger partial charge >= 0.3 is 0 Å². The Balaban J connectivity index is 0.976. The first kappa shape index (κ1) is 22.5. The molecule has 182 valence electrons. The minimum Gasteiger partial charge on any atom is -0.508 e. The van der Waals surface area contributed by atoms with Crippen molar-refractivity contribution in [2.24, 2.45) is 35.5 Å². The van der Waals surface area contributed by atoms with Gasteiger partial charge < -0.3 is 10.2 Å². The highest BCUT2D eigenvalue weighted by molar-refractivity contribution is 5.38. The van der Waals surface area contributed by atoms with E-state index in [0.717, 1.165) is 58.5 Å². The second kappa shape index (κ2) is 8.92. The molecule has 4 aliphatic carbocycles. The summed E-state index contributed by atoms with van der Waals surface area (Å²) in [5, 5.41) is 19.8. The molecule has 0 heterocycles. The fraction of sp³-hybridized carbons (Fsp3) is 0.625. The zero-order chi connectivity index (χ0) is 23.4. The van der Waals surface area contributed by atoms with Crippen molar-refractivity contribution in [3.05, 3.63) is 58.7 Å². The quantitative estimate of drug-likeness (QED) is 0.410. The van der Waals surface area contributed by atoms with Crippen LogP contribution in [0.25, 0.3) is 0 Å². The lowest BCUT2D eigenvalue weighted by molar-refractivity contribution is 0.255. The summed E-state index contributed by atoms with van der Waals surface area (Å²) < 4.78 is 0. The van der Waals surface area contributed by atoms with Gasteiger partial charge in [-0.3, -0.25) is 0 Å². The van der Waals surface area contributed by atoms with Gasteiger partial charge in [-0.2, -0.15) is 0 Å². The summed E-state index contributed by atoms with van der Waals surface area (Å²) in [5.74, 6) is 7.87. The highest BCUT2D eigenvalue weighted by Crippen LogP contribution is 2.59. The standard InChI is InChI=1S/C32H42O2/c1-19-11-24(7-9-31(19)33)28-18-26-17-27(28)16-22(26)5-3-4-6-23-13-21-14-29(23)30(15-21)25-8-10-32(34)20(2)12-25/h7-12,21-23,26-30,33-34H,3-6,13-18H2,1-2H3/t21?,22?,23?,26?,27-,28?,29?,30?/m0/s1. The molecule has 4 fully saturated rings. The maximum Gasteiger partial charge on any atom is 0.118 e. The van der Waals surface area contributed by atoms with Crippen molar-refractivity contribution in [2.75, 3.05) is 0 Å². The Morgan fingerprint density at radius 2 is 1.29 bits per heavy atom. The minimum atomic E-state index is 0.435. The number of aryl methyl sites for hydroxylation is 2. The second-order valence-electron chi connectivity index (χ2n) is 12.6. The van der Waals surface area contributed by atoms with Crippen LogP contribution in [0, 0.1) is 49.4 Å². The highest BCUT2D eigenvalue weighted by atomic mass is 16.3. The fourth-order valence-electron chi connectivity index (χ4n) is 9.00. The van der Waals surface area contributed by atoms with Crippen LogP contribution >= 0.6 is 0 Å². The van der Waals surface area contributed by atoms with Gasteiger partial charge in [0.05, 0.1) is 0 Å². The van der Waals surface area contributed by atoms with E-state index >= 15 is 0 Å². The first-order valence-corrected chi connectivity index (χ1v) is 14.0. The first-order valence-electron chi connectivity index (χ1n) is 14.0. The molecule has 2 aromatic rings. The lowest BCUT2D eigenvalue weighted by atomic mass is 9.74. The van der Waals surface area contributed by atoms with Gasteiger partial charge in [-0.1, -0.05) is 49.9 Å². The van der Waals surface area contributed by atoms with Crippen LogP contribution < -0.4 is 0 Å². The lowest BCUT2D eigenvalue weighted by Gasteiger charge is -2.31.